The van der Waals surface area contributed by atoms with E-state index in [4.69, 9.17) is 5.73 Å². The molecule has 21 heavy (non-hydrogen) atoms. The highest BCUT2D eigenvalue weighted by Crippen LogP contribution is 2.26. The van der Waals surface area contributed by atoms with Crippen LogP contribution in [0.3, 0.4) is 0 Å². The molecule has 0 radical (unpaired) electrons. The molecular formula is C14H25N3O4. The van der Waals surface area contributed by atoms with Gasteiger partial charge in [0.05, 0.1) is 11.3 Å². The summed E-state index contributed by atoms with van der Waals surface area (Å²) in [4.78, 5) is 36.2. The molecule has 0 spiro atoms. The van der Waals surface area contributed by atoms with Crippen molar-refractivity contribution in [3.8, 4) is 0 Å². The summed E-state index contributed by atoms with van der Waals surface area (Å²) < 4.78 is 0. The lowest BCUT2D eigenvalue weighted by molar-refractivity contribution is -0.149. The van der Waals surface area contributed by atoms with Crippen molar-refractivity contribution < 1.29 is 19.5 Å². The van der Waals surface area contributed by atoms with Crippen LogP contribution in [-0.4, -0.2) is 47.5 Å². The van der Waals surface area contributed by atoms with E-state index >= 15 is 0 Å². The number of aliphatic carboxylic acids is 1. The molecule has 4 N–H and O–H groups in total. The lowest BCUT2D eigenvalue weighted by Gasteiger charge is -2.32. The summed E-state index contributed by atoms with van der Waals surface area (Å²) in [5, 5.41) is 12.1. The summed E-state index contributed by atoms with van der Waals surface area (Å²) in [6.45, 7) is 4.60. The minimum atomic E-state index is -0.923. The Hall–Kier alpha value is -1.79. The van der Waals surface area contributed by atoms with Gasteiger partial charge >= 0.3 is 12.0 Å². The number of urea groups is 1. The Morgan fingerprint density at radius 1 is 1.33 bits per heavy atom. The van der Waals surface area contributed by atoms with Crippen molar-refractivity contribution in [1.29, 1.82) is 0 Å². The third kappa shape index (κ3) is 4.09. The van der Waals surface area contributed by atoms with Gasteiger partial charge < -0.3 is 21.1 Å². The fourth-order valence-electron chi connectivity index (χ4n) is 2.67. The van der Waals surface area contributed by atoms with Crippen molar-refractivity contribution >= 4 is 17.9 Å². The molecule has 1 aliphatic rings. The summed E-state index contributed by atoms with van der Waals surface area (Å²) in [5.41, 5.74) is 4.31. The van der Waals surface area contributed by atoms with Crippen LogP contribution in [0, 0.1) is 11.3 Å². The number of nitrogens with one attached hydrogen (secondary N) is 1. The number of carbonyl (C=O) groups excluding carboxylic acids is 2. The highest BCUT2D eigenvalue weighted by molar-refractivity contribution is 5.82. The number of carboxylic acid groups (broad SMARTS) is 1. The van der Waals surface area contributed by atoms with Crippen molar-refractivity contribution in [2.75, 3.05) is 19.6 Å². The Morgan fingerprint density at radius 2 is 1.95 bits per heavy atom. The molecule has 0 saturated carbocycles. The zero-order valence-corrected chi connectivity index (χ0v) is 12.7. The number of nitrogens with zero attached hydrogens (tertiary/aromatic N) is 1. The lowest BCUT2D eigenvalue weighted by atomic mass is 9.82. The highest BCUT2D eigenvalue weighted by atomic mass is 16.4. The van der Waals surface area contributed by atoms with Crippen LogP contribution in [0.25, 0.3) is 0 Å². The Kier molecular flexibility index (Phi) is 5.99. The third-order valence-electron chi connectivity index (χ3n) is 4.51. The first-order valence-corrected chi connectivity index (χ1v) is 7.41. The smallest absolute Gasteiger partial charge is 0.314 e. The number of primary amides is 1. The van der Waals surface area contributed by atoms with E-state index in [0.717, 1.165) is 6.42 Å². The van der Waals surface area contributed by atoms with Crippen LogP contribution in [0.1, 0.15) is 39.5 Å². The van der Waals surface area contributed by atoms with E-state index in [-0.39, 0.29) is 18.4 Å². The number of amides is 3. The molecule has 1 rings (SSSR count). The molecule has 1 unspecified atom stereocenters. The molecule has 7 heteroatoms. The SMILES string of the molecule is CCC(CC)(CNC(=O)C1CCCN(C(N)=O)C1)C(=O)O. The Bertz CT molecular complexity index is 407. The number of rotatable bonds is 6. The van der Waals surface area contributed by atoms with Crippen molar-refractivity contribution in [3.63, 3.8) is 0 Å². The third-order valence-corrected chi connectivity index (χ3v) is 4.51. The van der Waals surface area contributed by atoms with E-state index in [0.29, 0.717) is 32.4 Å². The molecule has 7 nitrogen and oxygen atoms in total. The average molecular weight is 299 g/mol. The molecule has 1 aliphatic heterocycles. The monoisotopic (exact) mass is 299 g/mol. The summed E-state index contributed by atoms with van der Waals surface area (Å²) >= 11 is 0. The molecule has 0 aromatic heterocycles. The maximum atomic E-state index is 12.2. The number of piperidine rings is 1. The predicted octanol–water partition coefficient (Wildman–Crippen LogP) is 0.784. The van der Waals surface area contributed by atoms with Gasteiger partial charge in [0, 0.05) is 19.6 Å². The van der Waals surface area contributed by atoms with Gasteiger partial charge in [-0.3, -0.25) is 9.59 Å². The standard InChI is InChI=1S/C14H25N3O4/c1-3-14(4-2,12(19)20)9-16-11(18)10-6-5-7-17(8-10)13(15)21/h10H,3-9H2,1-2H3,(H2,15,21)(H,16,18)(H,19,20). The van der Waals surface area contributed by atoms with Gasteiger partial charge in [0.15, 0.2) is 0 Å². The molecule has 0 aliphatic carbocycles. The molecule has 0 bridgehead atoms. The first kappa shape index (κ1) is 17.3. The van der Waals surface area contributed by atoms with Gasteiger partial charge in [-0.1, -0.05) is 13.8 Å². The van der Waals surface area contributed by atoms with E-state index in [9.17, 15) is 19.5 Å². The molecule has 1 atom stereocenters. The quantitative estimate of drug-likeness (QED) is 0.672. The number of hydrogen-bond donors (Lipinski definition) is 3. The van der Waals surface area contributed by atoms with Crippen LogP contribution in [0.4, 0.5) is 4.79 Å². The van der Waals surface area contributed by atoms with Gasteiger partial charge in [-0.25, -0.2) is 4.79 Å². The summed E-state index contributed by atoms with van der Waals surface area (Å²) in [6, 6.07) is -0.519. The molecule has 0 aromatic rings. The summed E-state index contributed by atoms with van der Waals surface area (Å²) in [6.07, 6.45) is 2.33. The van der Waals surface area contributed by atoms with Gasteiger partial charge in [-0.2, -0.15) is 0 Å². The van der Waals surface area contributed by atoms with Crippen molar-refractivity contribution in [2.24, 2.45) is 17.1 Å². The van der Waals surface area contributed by atoms with Crippen LogP contribution >= 0.6 is 0 Å². The maximum absolute atomic E-state index is 12.2. The van der Waals surface area contributed by atoms with Gasteiger partial charge in [-0.05, 0) is 25.7 Å². The van der Waals surface area contributed by atoms with E-state index in [1.165, 1.54) is 4.90 Å². The van der Waals surface area contributed by atoms with Crippen molar-refractivity contribution in [3.05, 3.63) is 0 Å². The van der Waals surface area contributed by atoms with E-state index < -0.39 is 17.4 Å². The first-order chi connectivity index (χ1) is 9.86. The first-order valence-electron chi connectivity index (χ1n) is 7.41. The van der Waals surface area contributed by atoms with Crippen LogP contribution in [0.5, 0.6) is 0 Å². The number of carboxylic acids is 1. The van der Waals surface area contributed by atoms with Crippen molar-refractivity contribution in [2.45, 2.75) is 39.5 Å². The normalized spacial score (nSPS) is 19.1. The molecule has 120 valence electrons. The molecule has 3 amide bonds. The average Bonchev–Trinajstić information content (AvgIpc) is 2.48. The second-order valence-corrected chi connectivity index (χ2v) is 5.63. The van der Waals surface area contributed by atoms with Crippen LogP contribution in [-0.2, 0) is 9.59 Å². The predicted molar refractivity (Wildman–Crippen MR) is 77.5 cm³/mol. The van der Waals surface area contributed by atoms with Crippen LogP contribution in [0.15, 0.2) is 0 Å². The Balaban J connectivity index is 2.60. The lowest BCUT2D eigenvalue weighted by Crippen LogP contribution is -2.49. The topological polar surface area (TPSA) is 113 Å². The number of hydrogen-bond acceptors (Lipinski definition) is 3. The second-order valence-electron chi connectivity index (χ2n) is 5.63. The molecular weight excluding hydrogens is 274 g/mol. The molecule has 1 fully saturated rings. The number of nitrogens with two attached hydrogens (primary N) is 1. The largest absolute Gasteiger partial charge is 0.481 e. The zero-order valence-electron chi connectivity index (χ0n) is 12.7. The van der Waals surface area contributed by atoms with Crippen LogP contribution in [0.2, 0.25) is 0 Å². The van der Waals surface area contributed by atoms with Gasteiger partial charge in [-0.15, -0.1) is 0 Å². The Morgan fingerprint density at radius 3 is 2.43 bits per heavy atom. The minimum absolute atomic E-state index is 0.112. The highest BCUT2D eigenvalue weighted by Gasteiger charge is 2.36. The van der Waals surface area contributed by atoms with E-state index in [1.54, 1.807) is 13.8 Å². The zero-order chi connectivity index (χ0) is 16.0. The number of carbonyl (C=O) groups is 3. The molecule has 1 saturated heterocycles. The van der Waals surface area contributed by atoms with E-state index in [1.807, 2.05) is 0 Å². The fraction of sp³-hybridized carbons (Fsp3) is 0.786. The van der Waals surface area contributed by atoms with Crippen molar-refractivity contribution in [1.82, 2.24) is 10.2 Å². The minimum Gasteiger partial charge on any atom is -0.481 e. The van der Waals surface area contributed by atoms with Gasteiger partial charge in [0.1, 0.15) is 0 Å². The Labute approximate surface area is 124 Å². The maximum Gasteiger partial charge on any atom is 0.314 e. The molecule has 0 aromatic carbocycles. The van der Waals surface area contributed by atoms with Crippen LogP contribution < -0.4 is 11.1 Å². The van der Waals surface area contributed by atoms with Gasteiger partial charge in [0.2, 0.25) is 5.91 Å². The van der Waals surface area contributed by atoms with E-state index in [2.05, 4.69) is 5.32 Å². The fourth-order valence-corrected chi connectivity index (χ4v) is 2.67. The second kappa shape index (κ2) is 7.28. The van der Waals surface area contributed by atoms with Gasteiger partial charge in [0.25, 0.3) is 0 Å². The summed E-state index contributed by atoms with van der Waals surface area (Å²) in [5.74, 6) is -1.41. The molecule has 1 heterocycles. The number of likely N-dealkylation sites (tertiary alicyclic amines) is 1. The summed E-state index contributed by atoms with van der Waals surface area (Å²) in [7, 11) is 0.